The molecule has 0 aromatic rings. The minimum absolute atomic E-state index is 0. The van der Waals surface area contributed by atoms with E-state index >= 15 is 0 Å². The van der Waals surface area contributed by atoms with Gasteiger partial charge in [0.2, 0.25) is 0 Å². The SMILES string of the molecule is Cl.NCCNC(=O)F. The van der Waals surface area contributed by atoms with E-state index in [4.69, 9.17) is 5.73 Å². The summed E-state index contributed by atoms with van der Waals surface area (Å²) in [5, 5.41) is 1.86. The van der Waals surface area contributed by atoms with Crippen LogP contribution in [0.5, 0.6) is 0 Å². The predicted molar refractivity (Wildman–Crippen MR) is 30.8 cm³/mol. The van der Waals surface area contributed by atoms with Crippen molar-refractivity contribution in [2.45, 2.75) is 0 Å². The summed E-state index contributed by atoms with van der Waals surface area (Å²) in [6.45, 7) is 0.477. The lowest BCUT2D eigenvalue weighted by Gasteiger charge is -1.90. The summed E-state index contributed by atoms with van der Waals surface area (Å²) < 4.78 is 11.1. The van der Waals surface area contributed by atoms with Gasteiger partial charge in [0.15, 0.2) is 0 Å². The Balaban J connectivity index is 0. The molecule has 0 rings (SSSR count). The summed E-state index contributed by atoms with van der Waals surface area (Å²) in [5.41, 5.74) is 4.90. The average Bonchev–Trinajstić information content (AvgIpc) is 1.61. The highest BCUT2D eigenvalue weighted by Gasteiger charge is 1.88. The van der Waals surface area contributed by atoms with Gasteiger partial charge in [-0.05, 0) is 0 Å². The highest BCUT2D eigenvalue weighted by atomic mass is 35.5. The van der Waals surface area contributed by atoms with Crippen molar-refractivity contribution < 1.29 is 9.18 Å². The molecule has 0 aromatic heterocycles. The first-order valence-electron chi connectivity index (χ1n) is 1.90. The zero-order valence-electron chi connectivity index (χ0n) is 4.19. The quantitative estimate of drug-likeness (QED) is 0.423. The maximum absolute atomic E-state index is 11.1. The average molecular weight is 143 g/mol. The van der Waals surface area contributed by atoms with Gasteiger partial charge in [-0.25, -0.2) is 4.79 Å². The van der Waals surface area contributed by atoms with Gasteiger partial charge in [0.05, 0.1) is 0 Å². The zero-order valence-corrected chi connectivity index (χ0v) is 5.00. The van der Waals surface area contributed by atoms with Crippen molar-refractivity contribution in [3.63, 3.8) is 0 Å². The third-order valence-corrected chi connectivity index (χ3v) is 0.408. The van der Waals surface area contributed by atoms with Crippen molar-refractivity contribution in [1.82, 2.24) is 5.32 Å². The Morgan fingerprint density at radius 1 is 1.75 bits per heavy atom. The molecule has 0 aliphatic rings. The number of hydrogen-bond acceptors (Lipinski definition) is 2. The van der Waals surface area contributed by atoms with Gasteiger partial charge in [0.25, 0.3) is 0 Å². The van der Waals surface area contributed by atoms with Gasteiger partial charge in [-0.3, -0.25) is 0 Å². The fraction of sp³-hybridized carbons (Fsp3) is 0.667. The Morgan fingerprint density at radius 3 is 2.38 bits per heavy atom. The largest absolute Gasteiger partial charge is 0.397 e. The number of halogens is 2. The Labute approximate surface area is 52.8 Å². The van der Waals surface area contributed by atoms with Crippen molar-refractivity contribution in [3.8, 4) is 0 Å². The van der Waals surface area contributed by atoms with Crippen LogP contribution in [0.1, 0.15) is 0 Å². The molecule has 0 unspecified atom stereocenters. The molecular formula is C3H8ClFN2O. The second kappa shape index (κ2) is 6.65. The summed E-state index contributed by atoms with van der Waals surface area (Å²) in [5.74, 6) is 0. The van der Waals surface area contributed by atoms with E-state index in [-0.39, 0.29) is 25.5 Å². The molecule has 3 nitrogen and oxygen atoms in total. The fourth-order valence-electron chi connectivity index (χ4n) is 0.170. The van der Waals surface area contributed by atoms with E-state index in [0.29, 0.717) is 0 Å². The second-order valence-electron chi connectivity index (χ2n) is 0.989. The van der Waals surface area contributed by atoms with E-state index in [1.165, 1.54) is 0 Å². The topological polar surface area (TPSA) is 55.1 Å². The van der Waals surface area contributed by atoms with Crippen LogP contribution in [-0.2, 0) is 0 Å². The Kier molecular flexibility index (Phi) is 8.81. The van der Waals surface area contributed by atoms with Gasteiger partial charge in [-0.15, -0.1) is 16.8 Å². The Morgan fingerprint density at radius 2 is 2.25 bits per heavy atom. The van der Waals surface area contributed by atoms with Crippen LogP contribution < -0.4 is 11.1 Å². The summed E-state index contributed by atoms with van der Waals surface area (Å²) in [7, 11) is 0. The van der Waals surface area contributed by atoms with Gasteiger partial charge in [-0.1, -0.05) is 0 Å². The second-order valence-corrected chi connectivity index (χ2v) is 0.989. The molecule has 0 aliphatic carbocycles. The molecule has 0 heterocycles. The fourth-order valence-corrected chi connectivity index (χ4v) is 0.170. The molecule has 3 N–H and O–H groups in total. The van der Waals surface area contributed by atoms with Crippen LogP contribution in [0.15, 0.2) is 0 Å². The molecule has 0 spiro atoms. The minimum Gasteiger partial charge on any atom is -0.329 e. The van der Waals surface area contributed by atoms with Gasteiger partial charge >= 0.3 is 6.16 Å². The number of nitrogens with two attached hydrogens (primary N) is 1. The summed E-state index contributed by atoms with van der Waals surface area (Å²) in [6.07, 6.45) is -1.52. The maximum atomic E-state index is 11.1. The third-order valence-electron chi connectivity index (χ3n) is 0.408. The van der Waals surface area contributed by atoms with Crippen LogP contribution in [0.3, 0.4) is 0 Å². The van der Waals surface area contributed by atoms with Crippen LogP contribution in [0.2, 0.25) is 0 Å². The van der Waals surface area contributed by atoms with Gasteiger partial charge in [0.1, 0.15) is 0 Å². The molecule has 50 valence electrons. The van der Waals surface area contributed by atoms with Crippen LogP contribution in [0.25, 0.3) is 0 Å². The first-order valence-corrected chi connectivity index (χ1v) is 1.90. The van der Waals surface area contributed by atoms with Gasteiger partial charge in [-0.2, -0.15) is 0 Å². The molecule has 0 saturated carbocycles. The molecule has 0 bridgehead atoms. The van der Waals surface area contributed by atoms with Crippen molar-refractivity contribution in [3.05, 3.63) is 0 Å². The maximum Gasteiger partial charge on any atom is 0.397 e. The number of carbonyl (C=O) groups is 1. The molecule has 0 saturated heterocycles. The lowest BCUT2D eigenvalue weighted by atomic mass is 10.7. The number of rotatable bonds is 2. The van der Waals surface area contributed by atoms with Crippen molar-refractivity contribution >= 4 is 18.6 Å². The molecule has 1 amide bonds. The smallest absolute Gasteiger partial charge is 0.329 e. The molecule has 5 heteroatoms. The van der Waals surface area contributed by atoms with E-state index < -0.39 is 6.16 Å². The number of hydrogen-bond donors (Lipinski definition) is 2. The molecule has 0 aliphatic heterocycles. The first-order chi connectivity index (χ1) is 3.27. The molecule has 8 heavy (non-hydrogen) atoms. The van der Waals surface area contributed by atoms with E-state index in [9.17, 15) is 9.18 Å². The van der Waals surface area contributed by atoms with E-state index in [1.807, 2.05) is 5.32 Å². The highest BCUT2D eigenvalue weighted by molar-refractivity contribution is 5.85. The first kappa shape index (κ1) is 10.6. The minimum atomic E-state index is -1.52. The number of carbonyl (C=O) groups excluding carboxylic acids is 1. The number of amides is 1. The van der Waals surface area contributed by atoms with E-state index in [0.717, 1.165) is 0 Å². The summed E-state index contributed by atoms with van der Waals surface area (Å²) in [4.78, 5) is 9.37. The third kappa shape index (κ3) is 9.17. The van der Waals surface area contributed by atoms with Crippen LogP contribution in [-0.4, -0.2) is 19.3 Å². The van der Waals surface area contributed by atoms with Gasteiger partial charge < -0.3 is 11.1 Å². The normalized spacial score (nSPS) is 7.25. The van der Waals surface area contributed by atoms with Crippen molar-refractivity contribution in [1.29, 1.82) is 0 Å². The van der Waals surface area contributed by atoms with E-state index in [2.05, 4.69) is 0 Å². The highest BCUT2D eigenvalue weighted by Crippen LogP contribution is 1.64. The van der Waals surface area contributed by atoms with Crippen molar-refractivity contribution in [2.24, 2.45) is 5.73 Å². The molecular weight excluding hydrogens is 134 g/mol. The lowest BCUT2D eigenvalue weighted by Crippen LogP contribution is -2.24. The Hall–Kier alpha value is -0.350. The zero-order chi connectivity index (χ0) is 5.70. The lowest BCUT2D eigenvalue weighted by molar-refractivity contribution is 0.222. The number of nitrogens with one attached hydrogen (secondary N) is 1. The molecule has 0 fully saturated rings. The van der Waals surface area contributed by atoms with Crippen molar-refractivity contribution in [2.75, 3.05) is 13.1 Å². The van der Waals surface area contributed by atoms with Crippen LogP contribution >= 0.6 is 12.4 Å². The van der Waals surface area contributed by atoms with Crippen LogP contribution in [0, 0.1) is 0 Å². The van der Waals surface area contributed by atoms with E-state index in [1.54, 1.807) is 0 Å². The molecule has 0 atom stereocenters. The molecule has 0 radical (unpaired) electrons. The molecule has 0 aromatic carbocycles. The summed E-state index contributed by atoms with van der Waals surface area (Å²) in [6, 6.07) is 0. The van der Waals surface area contributed by atoms with Gasteiger partial charge in [0, 0.05) is 13.1 Å². The summed E-state index contributed by atoms with van der Waals surface area (Å²) >= 11 is 0. The van der Waals surface area contributed by atoms with Crippen LogP contribution in [0.4, 0.5) is 9.18 Å². The predicted octanol–water partition coefficient (Wildman–Crippen LogP) is 0.0460. The monoisotopic (exact) mass is 142 g/mol. The Bertz CT molecular complexity index is 70.3. The standard InChI is InChI=1S/C3H7FN2O.ClH/c4-3(7)6-2-1-5;/h1-2,5H2,(H,6,7);1H.